The second-order valence-corrected chi connectivity index (χ2v) is 11.8. The number of benzene rings is 2. The Morgan fingerprint density at radius 3 is 2.44 bits per heavy atom. The number of rotatable bonds is 3. The zero-order valence-corrected chi connectivity index (χ0v) is 21.8. The van der Waals surface area contributed by atoms with Gasteiger partial charge in [-0.05, 0) is 0 Å². The molecular weight excluding hydrogens is 459 g/mol. The van der Waals surface area contributed by atoms with Gasteiger partial charge in [0.25, 0.3) is 0 Å². The molecule has 32 heavy (non-hydrogen) atoms. The fraction of sp³-hybridized carbons (Fsp3) is 0.345. The van der Waals surface area contributed by atoms with Gasteiger partial charge in [-0.15, -0.1) is 0 Å². The normalized spacial score (nSPS) is 15.2. The van der Waals surface area contributed by atoms with Crippen molar-refractivity contribution in [2.24, 2.45) is 0 Å². The summed E-state index contributed by atoms with van der Waals surface area (Å²) in [6, 6.07) is 15.8. The van der Waals surface area contributed by atoms with Crippen LogP contribution in [0.1, 0.15) is 70.2 Å². The van der Waals surface area contributed by atoms with Crippen molar-refractivity contribution in [2.75, 3.05) is 7.11 Å². The summed E-state index contributed by atoms with van der Waals surface area (Å²) in [5, 5.41) is 0. The number of carbonyl (C=O) groups is 1. The van der Waals surface area contributed by atoms with Crippen molar-refractivity contribution in [3.05, 3.63) is 82.4 Å². The molecule has 0 radical (unpaired) electrons. The summed E-state index contributed by atoms with van der Waals surface area (Å²) in [5.41, 5.74) is 7.62. The molecule has 0 N–H and O–H groups in total. The van der Waals surface area contributed by atoms with Crippen LogP contribution in [0.3, 0.4) is 0 Å². The van der Waals surface area contributed by atoms with Crippen molar-refractivity contribution in [1.29, 1.82) is 0 Å². The molecule has 2 aromatic carbocycles. The summed E-state index contributed by atoms with van der Waals surface area (Å²) < 4.78 is 5.91. The van der Waals surface area contributed by atoms with Gasteiger partial charge in [0.15, 0.2) is 0 Å². The number of fused-ring (bicyclic) bond motifs is 1. The molecule has 0 heterocycles. The second kappa shape index (κ2) is 9.53. The van der Waals surface area contributed by atoms with Crippen LogP contribution in [0.4, 0.5) is 0 Å². The molecule has 1 aliphatic carbocycles. The van der Waals surface area contributed by atoms with Gasteiger partial charge < -0.3 is 0 Å². The Hall–Kier alpha value is -2.53. The Morgan fingerprint density at radius 2 is 1.81 bits per heavy atom. The Labute approximate surface area is 199 Å². The third-order valence-corrected chi connectivity index (χ3v) is 7.30. The Bertz CT molecular complexity index is 1130. The van der Waals surface area contributed by atoms with Crippen LogP contribution in [0.2, 0.25) is 0 Å². The summed E-state index contributed by atoms with van der Waals surface area (Å²) in [7, 11) is 1.37. The van der Waals surface area contributed by atoms with E-state index in [0.29, 0.717) is 0 Å². The average molecular weight is 492 g/mol. The molecule has 2 nitrogen and oxygen atoms in total. The van der Waals surface area contributed by atoms with Crippen molar-refractivity contribution in [3.63, 3.8) is 0 Å². The molecule has 3 rings (SSSR count). The molecule has 0 spiro atoms. The molecule has 3 heteroatoms. The van der Waals surface area contributed by atoms with Gasteiger partial charge in [-0.3, -0.25) is 0 Å². The van der Waals surface area contributed by atoms with Gasteiger partial charge in [-0.1, -0.05) is 0 Å². The minimum absolute atomic E-state index is 0.0199. The first kappa shape index (κ1) is 24.1. The van der Waals surface area contributed by atoms with E-state index in [1.807, 2.05) is 6.92 Å². The Balaban J connectivity index is 1.89. The molecule has 0 atom stereocenters. The van der Waals surface area contributed by atoms with Crippen molar-refractivity contribution in [1.82, 2.24) is 0 Å². The van der Waals surface area contributed by atoms with E-state index in [9.17, 15) is 4.79 Å². The van der Waals surface area contributed by atoms with Gasteiger partial charge in [0.1, 0.15) is 0 Å². The van der Waals surface area contributed by atoms with Crippen molar-refractivity contribution in [2.45, 2.75) is 58.8 Å². The van der Waals surface area contributed by atoms with Gasteiger partial charge in [0.05, 0.1) is 0 Å². The zero-order chi connectivity index (χ0) is 23.5. The summed E-state index contributed by atoms with van der Waals surface area (Å²) in [6.45, 7) is 13.2. The number of methoxy groups -OCH3 is 1. The van der Waals surface area contributed by atoms with E-state index in [0.717, 1.165) is 12.0 Å². The monoisotopic (exact) mass is 492 g/mol. The second-order valence-electron chi connectivity index (χ2n) is 9.92. The first-order chi connectivity index (χ1) is 15.0. The van der Waals surface area contributed by atoms with E-state index < -0.39 is 0 Å². The van der Waals surface area contributed by atoms with Crippen LogP contribution >= 0.6 is 0 Å². The van der Waals surface area contributed by atoms with E-state index in [1.165, 1.54) is 45.5 Å². The van der Waals surface area contributed by atoms with E-state index >= 15 is 0 Å². The van der Waals surface area contributed by atoms with Crippen LogP contribution in [0.15, 0.2) is 60.2 Å². The number of carbonyl (C=O) groups excluding carboxylic acids is 1. The first-order valence-corrected chi connectivity index (χ1v) is 12.6. The number of hydrogen-bond acceptors (Lipinski definition) is 2. The molecule has 1 aliphatic rings. The molecular formula is C29H32O2Se. The maximum atomic E-state index is 11.3. The van der Waals surface area contributed by atoms with Gasteiger partial charge in [0.2, 0.25) is 0 Å². The molecule has 0 aliphatic heterocycles. The van der Waals surface area contributed by atoms with Crippen molar-refractivity contribution >= 4 is 31.0 Å². The van der Waals surface area contributed by atoms with E-state index in [1.54, 1.807) is 0 Å². The number of hydrogen-bond donors (Lipinski definition) is 0. The first-order valence-electron chi connectivity index (χ1n) is 10.9. The van der Waals surface area contributed by atoms with Crippen LogP contribution in [0.25, 0.3) is 5.57 Å². The predicted octanol–water partition coefficient (Wildman–Crippen LogP) is 5.51. The third-order valence-electron chi connectivity index (χ3n) is 5.84. The van der Waals surface area contributed by atoms with Gasteiger partial charge in [-0.2, -0.15) is 0 Å². The van der Waals surface area contributed by atoms with Crippen molar-refractivity contribution in [3.8, 4) is 10.7 Å². The van der Waals surface area contributed by atoms with E-state index in [4.69, 9.17) is 0 Å². The molecule has 0 saturated carbocycles. The fourth-order valence-corrected chi connectivity index (χ4v) is 5.17. The molecule has 0 saturated heterocycles. The zero-order valence-electron chi connectivity index (χ0n) is 20.1. The molecule has 0 aromatic heterocycles. The molecule has 0 fully saturated rings. The molecule has 0 bridgehead atoms. The molecule has 166 valence electrons. The molecule has 0 amide bonds. The van der Waals surface area contributed by atoms with Crippen LogP contribution < -0.4 is 4.46 Å². The molecule has 2 aromatic rings. The van der Waals surface area contributed by atoms with Crippen LogP contribution in [0.5, 0.6) is 0 Å². The topological polar surface area (TPSA) is 26.3 Å². The van der Waals surface area contributed by atoms with Crippen LogP contribution in [-0.4, -0.2) is 28.0 Å². The summed E-state index contributed by atoms with van der Waals surface area (Å²) in [5.74, 6) is 2.71. The summed E-state index contributed by atoms with van der Waals surface area (Å²) in [6.07, 6.45) is 4.83. The van der Waals surface area contributed by atoms with Gasteiger partial charge >= 0.3 is 200 Å². The third kappa shape index (κ3) is 5.63. The Kier molecular flexibility index (Phi) is 7.19. The van der Waals surface area contributed by atoms with E-state index in [2.05, 4.69) is 98.6 Å². The standard InChI is InChI=1S/C29H32O2Se/c1-20(18-27(30)31-7)15-17-32-23-12-13-25-24(14-16-29(5,6)26(25)19-23)21-8-10-22(11-9-21)28(2,3)4/h8-14,18-19H,16H2,1-7H3/b20-18+. The quantitative estimate of drug-likeness (QED) is 0.245. The number of esters is 1. The van der Waals surface area contributed by atoms with E-state index in [-0.39, 0.29) is 31.8 Å². The summed E-state index contributed by atoms with van der Waals surface area (Å²) >= 11 is 0.0199. The Morgan fingerprint density at radius 1 is 1.12 bits per heavy atom. The summed E-state index contributed by atoms with van der Waals surface area (Å²) in [4.78, 5) is 14.6. The van der Waals surface area contributed by atoms with Gasteiger partial charge in [-0.25, -0.2) is 0 Å². The number of allylic oxidation sites excluding steroid dienone is 2. The maximum absolute atomic E-state index is 11.3. The molecule has 0 unspecified atom stereocenters. The van der Waals surface area contributed by atoms with Crippen molar-refractivity contribution < 1.29 is 9.53 Å². The SMILES string of the molecule is COC(=O)/C=C(\C)C#C[Se]c1ccc2c(c1)C(C)(C)CC=C2c1ccc(C(C)(C)C)cc1. The van der Waals surface area contributed by atoms with Crippen LogP contribution in [0, 0.1) is 10.7 Å². The fourth-order valence-electron chi connectivity index (χ4n) is 3.82. The predicted molar refractivity (Wildman–Crippen MR) is 135 cm³/mol. The van der Waals surface area contributed by atoms with Crippen LogP contribution in [-0.2, 0) is 20.4 Å². The number of ether oxygens (including phenoxy) is 1. The van der Waals surface area contributed by atoms with Gasteiger partial charge in [0, 0.05) is 0 Å². The minimum atomic E-state index is -0.366. The average Bonchev–Trinajstić information content (AvgIpc) is 2.73.